The van der Waals surface area contributed by atoms with Crippen LogP contribution in [0.1, 0.15) is 5.56 Å². The molecule has 0 amide bonds. The molecule has 0 spiro atoms. The molecule has 0 aliphatic rings. The number of hydrogen-bond donors (Lipinski definition) is 0. The van der Waals surface area contributed by atoms with Crippen molar-refractivity contribution in [1.29, 1.82) is 0 Å². The highest BCUT2D eigenvalue weighted by Crippen LogP contribution is 2.27. The Morgan fingerprint density at radius 1 is 1.60 bits per heavy atom. The maximum Gasteiger partial charge on any atom is 0.310 e. The molecule has 0 aromatic heterocycles. The molecule has 0 aliphatic carbocycles. The summed E-state index contributed by atoms with van der Waals surface area (Å²) in [7, 11) is 1.33. The molecular formula is C9H8ClNO4. The maximum atomic E-state index is 10.6. The molecule has 1 rings (SSSR count). The number of rotatable bonds is 4. The number of benzene rings is 1. The minimum atomic E-state index is -0.550. The third kappa shape index (κ3) is 2.92. The zero-order chi connectivity index (χ0) is 11.4. The van der Waals surface area contributed by atoms with E-state index in [4.69, 9.17) is 16.3 Å². The second-order valence-corrected chi connectivity index (χ2v) is 3.22. The average molecular weight is 230 g/mol. The number of ether oxygens (including phenoxy) is 1. The highest BCUT2D eigenvalue weighted by molar-refractivity contribution is 6.63. The summed E-state index contributed by atoms with van der Waals surface area (Å²) in [5.74, 6) is 0.121. The van der Waals surface area contributed by atoms with Gasteiger partial charge in [-0.2, -0.15) is 0 Å². The van der Waals surface area contributed by atoms with Gasteiger partial charge < -0.3 is 4.74 Å². The zero-order valence-electron chi connectivity index (χ0n) is 7.90. The maximum absolute atomic E-state index is 10.6. The largest absolute Gasteiger partial charge is 0.490 e. The first-order valence-corrected chi connectivity index (χ1v) is 4.42. The second-order valence-electron chi connectivity index (χ2n) is 2.80. The standard InChI is InChI=1S/C9H8ClNO4/c1-15-8-4-6(5-9(10)12)2-3-7(8)11(13)14/h2-4H,5H2,1H3. The smallest absolute Gasteiger partial charge is 0.310 e. The third-order valence-electron chi connectivity index (χ3n) is 1.78. The Morgan fingerprint density at radius 3 is 2.73 bits per heavy atom. The van der Waals surface area contributed by atoms with Crippen LogP contribution in [0.25, 0.3) is 0 Å². The lowest BCUT2D eigenvalue weighted by molar-refractivity contribution is -0.385. The Balaban J connectivity index is 3.07. The molecule has 0 aliphatic heterocycles. The van der Waals surface area contributed by atoms with E-state index in [0.717, 1.165) is 0 Å². The Morgan fingerprint density at radius 2 is 2.27 bits per heavy atom. The van der Waals surface area contributed by atoms with E-state index in [-0.39, 0.29) is 17.9 Å². The van der Waals surface area contributed by atoms with Gasteiger partial charge in [0, 0.05) is 12.5 Å². The van der Waals surface area contributed by atoms with Crippen molar-refractivity contribution in [3.63, 3.8) is 0 Å². The van der Waals surface area contributed by atoms with Gasteiger partial charge in [0.1, 0.15) is 0 Å². The Kier molecular flexibility index (Phi) is 3.62. The molecular weight excluding hydrogens is 222 g/mol. The summed E-state index contributed by atoms with van der Waals surface area (Å²) in [6.07, 6.45) is 0.0237. The van der Waals surface area contributed by atoms with Crippen molar-refractivity contribution in [2.24, 2.45) is 0 Å². The highest BCUT2D eigenvalue weighted by atomic mass is 35.5. The lowest BCUT2D eigenvalue weighted by Gasteiger charge is -2.03. The van der Waals surface area contributed by atoms with E-state index in [2.05, 4.69) is 0 Å². The number of halogens is 1. The molecule has 1 aromatic carbocycles. The minimum Gasteiger partial charge on any atom is -0.490 e. The fourth-order valence-electron chi connectivity index (χ4n) is 1.14. The lowest BCUT2D eigenvalue weighted by Crippen LogP contribution is -1.97. The zero-order valence-corrected chi connectivity index (χ0v) is 8.65. The van der Waals surface area contributed by atoms with Crippen molar-refractivity contribution in [3.05, 3.63) is 33.9 Å². The predicted molar refractivity (Wildman–Crippen MR) is 54.2 cm³/mol. The first-order valence-electron chi connectivity index (χ1n) is 4.04. The Labute approximate surface area is 90.8 Å². The predicted octanol–water partition coefficient (Wildman–Crippen LogP) is 1.91. The molecule has 0 fully saturated rings. The van der Waals surface area contributed by atoms with Crippen LogP contribution in [0, 0.1) is 10.1 Å². The van der Waals surface area contributed by atoms with Gasteiger partial charge in [-0.1, -0.05) is 6.07 Å². The molecule has 0 bridgehead atoms. The van der Waals surface area contributed by atoms with Crippen LogP contribution in [0.5, 0.6) is 5.75 Å². The van der Waals surface area contributed by atoms with Gasteiger partial charge in [-0.15, -0.1) is 0 Å². The van der Waals surface area contributed by atoms with Crippen LogP contribution in [0.3, 0.4) is 0 Å². The molecule has 0 saturated heterocycles. The number of nitro benzene ring substituents is 1. The Bertz CT molecular complexity index is 405. The molecule has 0 atom stereocenters. The third-order valence-corrected chi connectivity index (χ3v) is 1.92. The van der Waals surface area contributed by atoms with Crippen LogP contribution in [-0.2, 0) is 11.2 Å². The van der Waals surface area contributed by atoms with Crippen molar-refractivity contribution >= 4 is 22.5 Å². The summed E-state index contributed by atoms with van der Waals surface area (Å²) < 4.78 is 4.83. The molecule has 0 N–H and O–H groups in total. The number of carbonyl (C=O) groups excluding carboxylic acids is 1. The van der Waals surface area contributed by atoms with E-state index in [0.29, 0.717) is 5.56 Å². The number of carbonyl (C=O) groups is 1. The van der Waals surface area contributed by atoms with Gasteiger partial charge in [-0.3, -0.25) is 14.9 Å². The molecule has 15 heavy (non-hydrogen) atoms. The van der Waals surface area contributed by atoms with Crippen LogP contribution in [-0.4, -0.2) is 17.3 Å². The molecule has 1 aromatic rings. The normalized spacial score (nSPS) is 9.73. The average Bonchev–Trinajstić information content (AvgIpc) is 2.16. The van der Waals surface area contributed by atoms with Gasteiger partial charge in [-0.05, 0) is 23.2 Å². The van der Waals surface area contributed by atoms with Gasteiger partial charge in [-0.25, -0.2) is 0 Å². The van der Waals surface area contributed by atoms with Crippen molar-refractivity contribution in [1.82, 2.24) is 0 Å². The van der Waals surface area contributed by atoms with E-state index in [9.17, 15) is 14.9 Å². The van der Waals surface area contributed by atoms with Gasteiger partial charge in [0.05, 0.1) is 12.0 Å². The summed E-state index contributed by atoms with van der Waals surface area (Å²) in [6.45, 7) is 0. The van der Waals surface area contributed by atoms with Gasteiger partial charge in [0.2, 0.25) is 5.24 Å². The summed E-state index contributed by atoms with van der Waals surface area (Å²) >= 11 is 5.20. The number of nitrogens with zero attached hydrogens (tertiary/aromatic N) is 1. The first-order chi connectivity index (χ1) is 7.04. The fourth-order valence-corrected chi connectivity index (χ4v) is 1.30. The number of nitro groups is 1. The number of hydrogen-bond acceptors (Lipinski definition) is 4. The second kappa shape index (κ2) is 4.75. The van der Waals surface area contributed by atoms with E-state index in [1.165, 1.54) is 25.3 Å². The first kappa shape index (κ1) is 11.5. The summed E-state index contributed by atoms with van der Waals surface area (Å²) in [4.78, 5) is 20.6. The van der Waals surface area contributed by atoms with E-state index < -0.39 is 10.2 Å². The van der Waals surface area contributed by atoms with Crippen molar-refractivity contribution < 1.29 is 14.5 Å². The molecule has 0 heterocycles. The molecule has 0 unspecified atom stereocenters. The molecule has 5 nitrogen and oxygen atoms in total. The fraction of sp³-hybridized carbons (Fsp3) is 0.222. The van der Waals surface area contributed by atoms with Crippen molar-refractivity contribution in [3.8, 4) is 5.75 Å². The highest BCUT2D eigenvalue weighted by Gasteiger charge is 2.15. The molecule has 0 saturated carbocycles. The Hall–Kier alpha value is -1.62. The topological polar surface area (TPSA) is 69.4 Å². The van der Waals surface area contributed by atoms with Crippen LogP contribution < -0.4 is 4.74 Å². The van der Waals surface area contributed by atoms with Crippen LogP contribution in [0.4, 0.5) is 5.69 Å². The van der Waals surface area contributed by atoms with E-state index >= 15 is 0 Å². The van der Waals surface area contributed by atoms with Crippen LogP contribution in [0.15, 0.2) is 18.2 Å². The van der Waals surface area contributed by atoms with Crippen LogP contribution in [0.2, 0.25) is 0 Å². The van der Waals surface area contributed by atoms with Crippen molar-refractivity contribution in [2.75, 3.05) is 7.11 Å². The monoisotopic (exact) mass is 229 g/mol. The minimum absolute atomic E-state index is 0.0237. The molecule has 80 valence electrons. The summed E-state index contributed by atoms with van der Waals surface area (Å²) in [6, 6.07) is 4.19. The van der Waals surface area contributed by atoms with Gasteiger partial charge in [0.25, 0.3) is 0 Å². The van der Waals surface area contributed by atoms with E-state index in [1.54, 1.807) is 0 Å². The molecule has 6 heteroatoms. The summed E-state index contributed by atoms with van der Waals surface area (Å²) in [5.41, 5.74) is 0.445. The van der Waals surface area contributed by atoms with Gasteiger partial charge >= 0.3 is 5.69 Å². The van der Waals surface area contributed by atoms with Gasteiger partial charge in [0.15, 0.2) is 5.75 Å². The lowest BCUT2D eigenvalue weighted by atomic mass is 10.1. The summed E-state index contributed by atoms with van der Waals surface area (Å²) in [5, 5.41) is 10.0. The SMILES string of the molecule is COc1cc(CC(=O)Cl)ccc1[N+](=O)[O-]. The molecule has 0 radical (unpaired) electrons. The number of methoxy groups -OCH3 is 1. The van der Waals surface area contributed by atoms with Crippen molar-refractivity contribution in [2.45, 2.75) is 6.42 Å². The quantitative estimate of drug-likeness (QED) is 0.449. The van der Waals surface area contributed by atoms with Crippen LogP contribution >= 0.6 is 11.6 Å². The van der Waals surface area contributed by atoms with E-state index in [1.807, 2.05) is 0 Å².